The second kappa shape index (κ2) is 8.41. The molecule has 0 aromatic carbocycles. The lowest BCUT2D eigenvalue weighted by atomic mass is 10.3. The molecule has 0 aliphatic rings. The lowest BCUT2D eigenvalue weighted by Gasteiger charge is -2.23. The maximum Gasteiger partial charge on any atom is 0.325 e. The summed E-state index contributed by atoms with van der Waals surface area (Å²) in [4.78, 5) is 56.6. The van der Waals surface area contributed by atoms with Crippen LogP contribution in [0.2, 0.25) is 0 Å². The van der Waals surface area contributed by atoms with E-state index in [9.17, 15) is 28.4 Å². The number of anilines is 1. The van der Waals surface area contributed by atoms with Crippen LogP contribution in [0.5, 0.6) is 0 Å². The highest BCUT2D eigenvalue weighted by Crippen LogP contribution is 2.06. The zero-order chi connectivity index (χ0) is 18.3. The zero-order valence-corrected chi connectivity index (χ0v) is 12.6. The molecule has 0 spiro atoms. The molecule has 0 saturated carbocycles. The van der Waals surface area contributed by atoms with Crippen molar-refractivity contribution in [1.82, 2.24) is 15.0 Å². The topological polar surface area (TPSA) is 138 Å². The van der Waals surface area contributed by atoms with E-state index in [4.69, 9.17) is 5.11 Å². The quantitative estimate of drug-likeness (QED) is 0.424. The Labute approximate surface area is 134 Å². The molecule has 3 N–H and O–H groups in total. The van der Waals surface area contributed by atoms with Gasteiger partial charge in [-0.2, -0.15) is 0 Å². The Morgan fingerprint density at radius 3 is 2.67 bits per heavy atom. The Bertz CT molecular complexity index is 704. The Morgan fingerprint density at radius 1 is 1.46 bits per heavy atom. The number of nitrogens with zero attached hydrogens (tertiary/aromatic N) is 2. The number of nitrogens with one attached hydrogen (secondary N) is 2. The molecule has 0 radical (unpaired) electrons. The number of pyridine rings is 1. The summed E-state index contributed by atoms with van der Waals surface area (Å²) in [5.74, 6) is -3.62. The van der Waals surface area contributed by atoms with Crippen LogP contribution in [-0.4, -0.2) is 52.1 Å². The third-order valence-corrected chi connectivity index (χ3v) is 2.94. The van der Waals surface area contributed by atoms with Gasteiger partial charge in [-0.25, -0.2) is 9.40 Å². The van der Waals surface area contributed by atoms with Crippen molar-refractivity contribution in [1.29, 1.82) is 0 Å². The van der Waals surface area contributed by atoms with Crippen LogP contribution in [-0.2, 0) is 19.2 Å². The first-order valence-corrected chi connectivity index (χ1v) is 6.61. The van der Waals surface area contributed by atoms with Gasteiger partial charge in [0.15, 0.2) is 6.67 Å². The molecule has 3 amide bonds. The first kappa shape index (κ1) is 18.8. The van der Waals surface area contributed by atoms with Crippen molar-refractivity contribution < 1.29 is 28.7 Å². The molecule has 1 unspecified atom stereocenters. The van der Waals surface area contributed by atoms with E-state index >= 15 is 0 Å². The lowest BCUT2D eigenvalue weighted by molar-refractivity contribution is -0.150. The SMILES string of the molecule is CC(C(=O)NN(CC(=O)O)C(=O)CF)n1cccc(NC=O)c1=O. The summed E-state index contributed by atoms with van der Waals surface area (Å²) in [5, 5.41) is 11.1. The second-order valence-electron chi connectivity index (χ2n) is 4.56. The van der Waals surface area contributed by atoms with Crippen molar-refractivity contribution in [3.8, 4) is 0 Å². The van der Waals surface area contributed by atoms with Gasteiger partial charge in [-0.05, 0) is 19.1 Å². The van der Waals surface area contributed by atoms with E-state index in [-0.39, 0.29) is 5.69 Å². The molecule has 0 aliphatic heterocycles. The highest BCUT2D eigenvalue weighted by atomic mass is 19.1. The van der Waals surface area contributed by atoms with Gasteiger partial charge in [0.05, 0.1) is 0 Å². The summed E-state index contributed by atoms with van der Waals surface area (Å²) in [5.41, 5.74) is 1.19. The minimum absolute atomic E-state index is 0.0747. The van der Waals surface area contributed by atoms with Gasteiger partial charge in [-0.1, -0.05) is 0 Å². The molecule has 11 heteroatoms. The maximum absolute atomic E-state index is 12.4. The normalized spacial score (nSPS) is 11.2. The molecule has 130 valence electrons. The molecule has 0 aliphatic carbocycles. The fraction of sp³-hybridized carbons (Fsp3) is 0.308. The highest BCUT2D eigenvalue weighted by Gasteiger charge is 2.23. The Kier molecular flexibility index (Phi) is 6.59. The van der Waals surface area contributed by atoms with Crippen LogP contribution in [0.25, 0.3) is 0 Å². The van der Waals surface area contributed by atoms with E-state index in [1.54, 1.807) is 0 Å². The number of amides is 3. The Hall–Kier alpha value is -3.24. The van der Waals surface area contributed by atoms with E-state index in [1.807, 2.05) is 5.43 Å². The number of hydrogen-bond donors (Lipinski definition) is 3. The van der Waals surface area contributed by atoms with Crippen LogP contribution in [0, 0.1) is 0 Å². The number of carboxylic acid groups (broad SMARTS) is 1. The summed E-state index contributed by atoms with van der Waals surface area (Å²) in [6, 6.07) is 1.56. The third-order valence-electron chi connectivity index (χ3n) is 2.94. The number of carbonyl (C=O) groups excluding carboxylic acids is 3. The van der Waals surface area contributed by atoms with Crippen molar-refractivity contribution in [3.05, 3.63) is 28.7 Å². The van der Waals surface area contributed by atoms with Crippen molar-refractivity contribution in [3.63, 3.8) is 0 Å². The van der Waals surface area contributed by atoms with Crippen LogP contribution in [0.15, 0.2) is 23.1 Å². The van der Waals surface area contributed by atoms with Gasteiger partial charge in [-0.15, -0.1) is 0 Å². The number of hydrogen-bond acceptors (Lipinski definition) is 5. The van der Waals surface area contributed by atoms with Crippen molar-refractivity contribution in [2.24, 2.45) is 0 Å². The summed E-state index contributed by atoms with van der Waals surface area (Å²) < 4.78 is 13.4. The largest absolute Gasteiger partial charge is 0.480 e. The first-order chi connectivity index (χ1) is 11.3. The van der Waals surface area contributed by atoms with E-state index in [1.165, 1.54) is 25.3 Å². The summed E-state index contributed by atoms with van der Waals surface area (Å²) in [6.07, 6.45) is 1.56. The van der Waals surface area contributed by atoms with E-state index in [0.29, 0.717) is 11.4 Å². The molecule has 0 bridgehead atoms. The first-order valence-electron chi connectivity index (χ1n) is 6.61. The fourth-order valence-electron chi connectivity index (χ4n) is 1.74. The zero-order valence-electron chi connectivity index (χ0n) is 12.6. The predicted octanol–water partition coefficient (Wildman–Crippen LogP) is -1.11. The van der Waals surface area contributed by atoms with Gasteiger partial charge in [-0.3, -0.25) is 29.4 Å². The monoisotopic (exact) mass is 342 g/mol. The van der Waals surface area contributed by atoms with Crippen molar-refractivity contribution in [2.45, 2.75) is 13.0 Å². The molecular formula is C13H15FN4O6. The van der Waals surface area contributed by atoms with Gasteiger partial charge < -0.3 is 15.0 Å². The van der Waals surface area contributed by atoms with Crippen LogP contribution in [0.1, 0.15) is 13.0 Å². The Balaban J connectivity index is 2.99. The minimum Gasteiger partial charge on any atom is -0.480 e. The van der Waals surface area contributed by atoms with Gasteiger partial charge in [0.2, 0.25) is 6.41 Å². The van der Waals surface area contributed by atoms with Crippen LogP contribution in [0.4, 0.5) is 10.1 Å². The molecule has 1 heterocycles. The molecule has 0 saturated heterocycles. The molecule has 0 fully saturated rings. The minimum atomic E-state index is -1.50. The smallest absolute Gasteiger partial charge is 0.325 e. The number of aromatic nitrogens is 1. The van der Waals surface area contributed by atoms with E-state index < -0.39 is 42.6 Å². The number of carbonyl (C=O) groups is 4. The molecule has 1 atom stereocenters. The Morgan fingerprint density at radius 2 is 2.12 bits per heavy atom. The fourth-order valence-corrected chi connectivity index (χ4v) is 1.74. The average Bonchev–Trinajstić information content (AvgIpc) is 2.54. The van der Waals surface area contributed by atoms with Crippen molar-refractivity contribution in [2.75, 3.05) is 18.5 Å². The number of aliphatic carboxylic acids is 1. The van der Waals surface area contributed by atoms with E-state index in [0.717, 1.165) is 4.57 Å². The maximum atomic E-state index is 12.4. The van der Waals surface area contributed by atoms with Crippen molar-refractivity contribution >= 4 is 29.9 Å². The van der Waals surface area contributed by atoms with Gasteiger partial charge >= 0.3 is 5.97 Å². The van der Waals surface area contributed by atoms with Crippen LogP contribution >= 0.6 is 0 Å². The van der Waals surface area contributed by atoms with Crippen LogP contribution in [0.3, 0.4) is 0 Å². The summed E-state index contributed by atoms with van der Waals surface area (Å²) >= 11 is 0. The summed E-state index contributed by atoms with van der Waals surface area (Å²) in [6.45, 7) is -1.14. The molecular weight excluding hydrogens is 327 g/mol. The third kappa shape index (κ3) is 4.63. The molecule has 10 nitrogen and oxygen atoms in total. The predicted molar refractivity (Wildman–Crippen MR) is 78.6 cm³/mol. The lowest BCUT2D eigenvalue weighted by Crippen LogP contribution is -2.51. The number of carboxylic acids is 1. The molecule has 1 aromatic rings. The summed E-state index contributed by atoms with van der Waals surface area (Å²) in [7, 11) is 0. The number of halogens is 1. The molecule has 24 heavy (non-hydrogen) atoms. The van der Waals surface area contributed by atoms with Gasteiger partial charge in [0.25, 0.3) is 17.4 Å². The van der Waals surface area contributed by atoms with Gasteiger partial charge in [0, 0.05) is 6.20 Å². The van der Waals surface area contributed by atoms with E-state index in [2.05, 4.69) is 5.32 Å². The second-order valence-corrected chi connectivity index (χ2v) is 4.56. The number of rotatable bonds is 7. The standard InChI is InChI=1S/C13H15FN4O6/c1-8(17-4-2-3-9(13(17)24)15-7-19)12(23)16-18(6-11(21)22)10(20)5-14/h2-4,7-8H,5-6H2,1H3,(H,15,19)(H,16,23)(H,21,22). The highest BCUT2D eigenvalue weighted by molar-refractivity contribution is 5.87. The average molecular weight is 342 g/mol. The van der Waals surface area contributed by atoms with Gasteiger partial charge in [0.1, 0.15) is 18.3 Å². The number of alkyl halides is 1. The van der Waals surface area contributed by atoms with Crippen LogP contribution < -0.4 is 16.3 Å². The number of hydrazine groups is 1. The molecule has 1 rings (SSSR count). The molecule has 1 aromatic heterocycles.